The summed E-state index contributed by atoms with van der Waals surface area (Å²) < 4.78 is 5.56. The first-order valence-corrected chi connectivity index (χ1v) is 10.2. The van der Waals surface area contributed by atoms with Crippen molar-refractivity contribution in [2.24, 2.45) is 5.92 Å². The van der Waals surface area contributed by atoms with Crippen molar-refractivity contribution in [1.29, 1.82) is 0 Å². The molecule has 1 amide bonds. The molecular weight excluding hydrogens is 374 g/mol. The third-order valence-electron chi connectivity index (χ3n) is 5.65. The molecule has 3 aromatic carbocycles. The fourth-order valence-corrected chi connectivity index (χ4v) is 3.71. The average molecular weight is 399 g/mol. The van der Waals surface area contributed by atoms with E-state index in [1.165, 1.54) is 11.1 Å². The number of esters is 1. The topological polar surface area (TPSA) is 46.6 Å². The highest BCUT2D eigenvalue weighted by molar-refractivity contribution is 5.99. The molecule has 0 bridgehead atoms. The average Bonchev–Trinajstić information content (AvgIpc) is 3.14. The van der Waals surface area contributed by atoms with E-state index in [0.29, 0.717) is 12.3 Å². The summed E-state index contributed by atoms with van der Waals surface area (Å²) in [6.07, 6.45) is 1.01. The first-order chi connectivity index (χ1) is 14.5. The van der Waals surface area contributed by atoms with Gasteiger partial charge in [-0.15, -0.1) is 0 Å². The minimum atomic E-state index is -0.455. The van der Waals surface area contributed by atoms with Crippen molar-refractivity contribution >= 4 is 17.6 Å². The lowest BCUT2D eigenvalue weighted by Gasteiger charge is -2.17. The first-order valence-electron chi connectivity index (χ1n) is 10.2. The van der Waals surface area contributed by atoms with Crippen LogP contribution in [-0.4, -0.2) is 18.4 Å². The Morgan fingerprint density at radius 2 is 1.63 bits per heavy atom. The third kappa shape index (κ3) is 4.43. The Hall–Kier alpha value is -3.40. The van der Waals surface area contributed by atoms with Crippen molar-refractivity contribution in [3.05, 3.63) is 95.1 Å². The van der Waals surface area contributed by atoms with Crippen LogP contribution in [0, 0.1) is 19.8 Å². The van der Waals surface area contributed by atoms with E-state index < -0.39 is 5.92 Å². The first kappa shape index (κ1) is 19.9. The van der Waals surface area contributed by atoms with Gasteiger partial charge in [-0.1, -0.05) is 48.5 Å². The highest BCUT2D eigenvalue weighted by Crippen LogP contribution is 2.28. The van der Waals surface area contributed by atoms with Gasteiger partial charge in [0.15, 0.2) is 0 Å². The summed E-state index contributed by atoms with van der Waals surface area (Å²) >= 11 is 0. The number of rotatable bonds is 5. The van der Waals surface area contributed by atoms with Crippen molar-refractivity contribution in [2.45, 2.75) is 26.7 Å². The molecule has 30 heavy (non-hydrogen) atoms. The summed E-state index contributed by atoms with van der Waals surface area (Å²) in [6.45, 7) is 4.41. The Balaban J connectivity index is 1.38. The molecule has 1 atom stereocenters. The van der Waals surface area contributed by atoms with Crippen LogP contribution in [0.15, 0.2) is 72.8 Å². The lowest BCUT2D eigenvalue weighted by molar-refractivity contribution is -0.139. The Labute approximate surface area is 177 Å². The van der Waals surface area contributed by atoms with Crippen molar-refractivity contribution < 1.29 is 14.3 Å². The van der Waals surface area contributed by atoms with E-state index in [0.717, 1.165) is 23.2 Å². The van der Waals surface area contributed by atoms with Gasteiger partial charge < -0.3 is 9.64 Å². The Bertz CT molecular complexity index is 1060. The van der Waals surface area contributed by atoms with E-state index in [2.05, 4.69) is 12.1 Å². The van der Waals surface area contributed by atoms with Crippen LogP contribution < -0.4 is 9.64 Å². The van der Waals surface area contributed by atoms with Gasteiger partial charge >= 0.3 is 5.97 Å². The van der Waals surface area contributed by atoms with E-state index in [1.54, 1.807) is 4.90 Å². The fraction of sp³-hybridized carbons (Fsp3) is 0.231. The second kappa shape index (κ2) is 8.54. The molecule has 3 aromatic rings. The van der Waals surface area contributed by atoms with Gasteiger partial charge in [0.2, 0.25) is 5.91 Å². The normalized spacial score (nSPS) is 16.0. The largest absolute Gasteiger partial charge is 0.426 e. The monoisotopic (exact) mass is 399 g/mol. The Morgan fingerprint density at radius 1 is 0.933 bits per heavy atom. The van der Waals surface area contributed by atoms with Gasteiger partial charge in [-0.25, -0.2) is 0 Å². The Kier molecular flexibility index (Phi) is 5.66. The molecule has 0 aliphatic carbocycles. The summed E-state index contributed by atoms with van der Waals surface area (Å²) in [4.78, 5) is 26.8. The summed E-state index contributed by atoms with van der Waals surface area (Å²) in [5, 5.41) is 0. The van der Waals surface area contributed by atoms with E-state index in [1.807, 2.05) is 74.5 Å². The van der Waals surface area contributed by atoms with Crippen LogP contribution in [0.25, 0.3) is 0 Å². The van der Waals surface area contributed by atoms with Gasteiger partial charge in [0.05, 0.1) is 5.92 Å². The molecule has 4 rings (SSSR count). The van der Waals surface area contributed by atoms with Crippen molar-refractivity contribution in [1.82, 2.24) is 0 Å². The molecular formula is C26H25NO3. The predicted molar refractivity (Wildman–Crippen MR) is 118 cm³/mol. The van der Waals surface area contributed by atoms with Crippen LogP contribution in [0.1, 0.15) is 28.7 Å². The number of amides is 1. The summed E-state index contributed by atoms with van der Waals surface area (Å²) in [7, 11) is 0. The fourth-order valence-electron chi connectivity index (χ4n) is 3.71. The molecule has 1 fully saturated rings. The van der Waals surface area contributed by atoms with Crippen LogP contribution in [0.5, 0.6) is 5.75 Å². The van der Waals surface area contributed by atoms with E-state index >= 15 is 0 Å². The minimum absolute atomic E-state index is 0.0431. The molecule has 0 aromatic heterocycles. The van der Waals surface area contributed by atoms with Crippen molar-refractivity contribution in [2.75, 3.05) is 11.4 Å². The van der Waals surface area contributed by atoms with E-state index in [9.17, 15) is 9.59 Å². The lowest BCUT2D eigenvalue weighted by atomic mass is 10.1. The SMILES string of the molecule is Cc1ccc(N2C[C@@H](C(=O)Oc3ccc(Cc4ccccc4)cc3)CC2=O)cc1C. The lowest BCUT2D eigenvalue weighted by Crippen LogP contribution is -2.27. The number of carbonyl (C=O) groups excluding carboxylic acids is 2. The maximum absolute atomic E-state index is 12.6. The van der Waals surface area contributed by atoms with Gasteiger partial charge in [0.1, 0.15) is 5.75 Å². The van der Waals surface area contributed by atoms with Gasteiger partial charge in [-0.3, -0.25) is 9.59 Å². The molecule has 0 spiro atoms. The third-order valence-corrected chi connectivity index (χ3v) is 5.65. The summed E-state index contributed by atoms with van der Waals surface area (Å²) in [6, 6.07) is 23.7. The van der Waals surface area contributed by atoms with Crippen LogP contribution in [0.3, 0.4) is 0 Å². The van der Waals surface area contributed by atoms with Crippen LogP contribution in [0.2, 0.25) is 0 Å². The number of aryl methyl sites for hydroxylation is 2. The zero-order valence-electron chi connectivity index (χ0n) is 17.3. The van der Waals surface area contributed by atoms with Crippen LogP contribution >= 0.6 is 0 Å². The number of carbonyl (C=O) groups is 2. The Morgan fingerprint density at radius 3 is 2.33 bits per heavy atom. The maximum atomic E-state index is 12.6. The molecule has 4 nitrogen and oxygen atoms in total. The van der Waals surface area contributed by atoms with E-state index in [-0.39, 0.29) is 18.3 Å². The summed E-state index contributed by atoms with van der Waals surface area (Å²) in [5.41, 5.74) is 5.53. The minimum Gasteiger partial charge on any atom is -0.426 e. The molecule has 0 N–H and O–H groups in total. The molecule has 0 unspecified atom stereocenters. The zero-order valence-corrected chi connectivity index (χ0v) is 17.3. The van der Waals surface area contributed by atoms with Crippen molar-refractivity contribution in [3.8, 4) is 5.75 Å². The highest BCUT2D eigenvalue weighted by Gasteiger charge is 2.36. The van der Waals surface area contributed by atoms with Gasteiger partial charge in [-0.2, -0.15) is 0 Å². The number of hydrogen-bond donors (Lipinski definition) is 0. The number of benzene rings is 3. The summed E-state index contributed by atoms with van der Waals surface area (Å²) in [5.74, 6) is -0.346. The number of hydrogen-bond acceptors (Lipinski definition) is 3. The molecule has 1 heterocycles. The van der Waals surface area contributed by atoms with Crippen molar-refractivity contribution in [3.63, 3.8) is 0 Å². The smallest absolute Gasteiger partial charge is 0.316 e. The molecule has 0 radical (unpaired) electrons. The van der Waals surface area contributed by atoms with Gasteiger partial charge in [0, 0.05) is 18.7 Å². The second-order valence-electron chi connectivity index (χ2n) is 7.90. The molecule has 152 valence electrons. The van der Waals surface area contributed by atoms with Gasteiger partial charge in [0.25, 0.3) is 0 Å². The van der Waals surface area contributed by atoms with Crippen LogP contribution in [0.4, 0.5) is 5.69 Å². The predicted octanol–water partition coefficient (Wildman–Crippen LogP) is 4.85. The van der Waals surface area contributed by atoms with Crippen LogP contribution in [-0.2, 0) is 16.0 Å². The molecule has 1 aliphatic rings. The second-order valence-corrected chi connectivity index (χ2v) is 7.90. The highest BCUT2D eigenvalue weighted by atomic mass is 16.5. The number of ether oxygens (including phenoxy) is 1. The standard InChI is InChI=1S/C26H25NO3/c1-18-8-11-23(14-19(18)2)27-17-22(16-25(27)28)26(29)30-24-12-9-21(10-13-24)15-20-6-4-3-5-7-20/h3-14,22H,15-17H2,1-2H3/t22-/m0/s1. The molecule has 1 aliphatic heterocycles. The quantitative estimate of drug-likeness (QED) is 0.455. The molecule has 4 heteroatoms. The molecule has 1 saturated heterocycles. The molecule has 0 saturated carbocycles. The maximum Gasteiger partial charge on any atom is 0.316 e. The number of anilines is 1. The van der Waals surface area contributed by atoms with Gasteiger partial charge in [-0.05, 0) is 66.8 Å². The zero-order chi connectivity index (χ0) is 21.1. The van der Waals surface area contributed by atoms with E-state index in [4.69, 9.17) is 4.74 Å². The number of nitrogens with zero attached hydrogens (tertiary/aromatic N) is 1.